The summed E-state index contributed by atoms with van der Waals surface area (Å²) in [5, 5.41) is 3.53. The minimum Gasteiger partial charge on any atom is -0.307 e. The summed E-state index contributed by atoms with van der Waals surface area (Å²) in [6.07, 6.45) is 2.21. The minimum atomic E-state index is -0.786. The molecule has 1 fully saturated rings. The first-order chi connectivity index (χ1) is 9.47. The Morgan fingerprint density at radius 2 is 1.75 bits per heavy atom. The van der Waals surface area contributed by atoms with Crippen LogP contribution in [0.3, 0.4) is 0 Å². The second-order valence-corrected chi connectivity index (χ2v) is 5.97. The largest absolute Gasteiger partial charge is 0.307 e. The Balaban J connectivity index is 1.89. The lowest BCUT2D eigenvalue weighted by Crippen LogP contribution is -2.45. The number of piperidine rings is 1. The molecule has 20 heavy (non-hydrogen) atoms. The first-order valence-corrected chi connectivity index (χ1v) is 7.42. The van der Waals surface area contributed by atoms with E-state index in [1.165, 1.54) is 12.1 Å². The summed E-state index contributed by atoms with van der Waals surface area (Å²) >= 11 is 0. The van der Waals surface area contributed by atoms with Gasteiger partial charge in [-0.25, -0.2) is 8.78 Å². The van der Waals surface area contributed by atoms with Gasteiger partial charge in [-0.2, -0.15) is 0 Å². The molecule has 1 aromatic carbocycles. The van der Waals surface area contributed by atoms with Crippen molar-refractivity contribution in [1.82, 2.24) is 10.2 Å². The van der Waals surface area contributed by atoms with Crippen molar-refractivity contribution in [3.63, 3.8) is 0 Å². The van der Waals surface area contributed by atoms with E-state index in [0.29, 0.717) is 12.1 Å². The van der Waals surface area contributed by atoms with E-state index in [0.717, 1.165) is 31.5 Å². The molecule has 2 nitrogen and oxygen atoms in total. The number of hydrogen-bond donors (Lipinski definition) is 1. The number of nitrogens with zero attached hydrogens (tertiary/aromatic N) is 1. The fraction of sp³-hybridized carbons (Fsp3) is 0.625. The number of rotatable bonds is 4. The van der Waals surface area contributed by atoms with E-state index in [2.05, 4.69) is 24.1 Å². The molecular formula is C16H24F2N2. The van der Waals surface area contributed by atoms with Crippen LogP contribution in [0.25, 0.3) is 0 Å². The fourth-order valence-electron chi connectivity index (χ4n) is 2.81. The van der Waals surface area contributed by atoms with Crippen molar-refractivity contribution >= 4 is 0 Å². The van der Waals surface area contributed by atoms with Crippen LogP contribution >= 0.6 is 0 Å². The third-order valence-electron chi connectivity index (χ3n) is 4.19. The van der Waals surface area contributed by atoms with Gasteiger partial charge in [-0.1, -0.05) is 6.07 Å². The summed E-state index contributed by atoms with van der Waals surface area (Å²) in [4.78, 5) is 2.47. The van der Waals surface area contributed by atoms with Crippen molar-refractivity contribution in [1.29, 1.82) is 0 Å². The third kappa shape index (κ3) is 3.76. The molecule has 1 saturated heterocycles. The molecule has 112 valence electrons. The van der Waals surface area contributed by atoms with Gasteiger partial charge in [0.05, 0.1) is 0 Å². The lowest BCUT2D eigenvalue weighted by atomic mass is 10.0. The molecule has 1 atom stereocenters. The molecule has 2 rings (SSSR count). The van der Waals surface area contributed by atoms with E-state index in [1.807, 2.05) is 6.92 Å². The highest BCUT2D eigenvalue weighted by Crippen LogP contribution is 2.20. The molecule has 1 aromatic rings. The maximum Gasteiger partial charge on any atom is 0.159 e. The summed E-state index contributed by atoms with van der Waals surface area (Å²) in [6, 6.07) is 5.23. The van der Waals surface area contributed by atoms with Crippen LogP contribution in [0.1, 0.15) is 45.2 Å². The molecule has 0 amide bonds. The Morgan fingerprint density at radius 1 is 1.10 bits per heavy atom. The number of nitrogens with one attached hydrogen (secondary N) is 1. The topological polar surface area (TPSA) is 15.3 Å². The quantitative estimate of drug-likeness (QED) is 0.909. The van der Waals surface area contributed by atoms with Crippen LogP contribution in [-0.4, -0.2) is 30.1 Å². The molecule has 0 saturated carbocycles. The molecule has 0 bridgehead atoms. The zero-order chi connectivity index (χ0) is 14.7. The van der Waals surface area contributed by atoms with Crippen LogP contribution in [0.2, 0.25) is 0 Å². The SMILES string of the molecule is CC(NC1CCN(C(C)C)CC1)c1ccc(F)c(F)c1. The molecule has 1 N–H and O–H groups in total. The predicted molar refractivity (Wildman–Crippen MR) is 77.6 cm³/mol. The van der Waals surface area contributed by atoms with Crippen LogP contribution in [0.15, 0.2) is 18.2 Å². The van der Waals surface area contributed by atoms with Gasteiger partial charge in [-0.15, -0.1) is 0 Å². The summed E-state index contributed by atoms with van der Waals surface area (Å²) in [5.74, 6) is -1.56. The lowest BCUT2D eigenvalue weighted by Gasteiger charge is -2.36. The first kappa shape index (κ1) is 15.4. The van der Waals surface area contributed by atoms with Gasteiger partial charge in [0.2, 0.25) is 0 Å². The first-order valence-electron chi connectivity index (χ1n) is 7.42. The van der Waals surface area contributed by atoms with Crippen molar-refractivity contribution in [3.05, 3.63) is 35.4 Å². The van der Waals surface area contributed by atoms with Crippen LogP contribution in [-0.2, 0) is 0 Å². The van der Waals surface area contributed by atoms with Crippen molar-refractivity contribution in [2.75, 3.05) is 13.1 Å². The van der Waals surface area contributed by atoms with Crippen molar-refractivity contribution in [2.45, 2.75) is 51.7 Å². The number of halogens is 2. The van der Waals surface area contributed by atoms with Crippen LogP contribution in [0.5, 0.6) is 0 Å². The third-order valence-corrected chi connectivity index (χ3v) is 4.19. The predicted octanol–water partition coefficient (Wildman–Crippen LogP) is 3.49. The number of likely N-dealkylation sites (tertiary alicyclic amines) is 1. The molecule has 1 unspecified atom stereocenters. The molecular weight excluding hydrogens is 258 g/mol. The molecule has 4 heteroatoms. The maximum absolute atomic E-state index is 13.2. The smallest absolute Gasteiger partial charge is 0.159 e. The van der Waals surface area contributed by atoms with Crippen molar-refractivity contribution in [3.8, 4) is 0 Å². The number of benzene rings is 1. The van der Waals surface area contributed by atoms with Gasteiger partial charge in [0.15, 0.2) is 11.6 Å². The highest BCUT2D eigenvalue weighted by molar-refractivity contribution is 5.20. The molecule has 1 aliphatic rings. The summed E-state index contributed by atoms with van der Waals surface area (Å²) in [5.41, 5.74) is 0.801. The summed E-state index contributed by atoms with van der Waals surface area (Å²) in [6.45, 7) is 8.64. The molecule has 1 aliphatic heterocycles. The molecule has 0 spiro atoms. The van der Waals surface area contributed by atoms with Crippen LogP contribution in [0, 0.1) is 11.6 Å². The van der Waals surface area contributed by atoms with E-state index in [-0.39, 0.29) is 6.04 Å². The molecule has 0 radical (unpaired) electrons. The number of hydrogen-bond acceptors (Lipinski definition) is 2. The Labute approximate surface area is 120 Å². The van der Waals surface area contributed by atoms with Gasteiger partial charge in [0.25, 0.3) is 0 Å². The van der Waals surface area contributed by atoms with Crippen LogP contribution in [0.4, 0.5) is 8.78 Å². The Bertz CT molecular complexity index is 440. The standard InChI is InChI=1S/C16H24F2N2/c1-11(2)20-8-6-14(7-9-20)19-12(3)13-4-5-15(17)16(18)10-13/h4-5,10-12,14,19H,6-9H2,1-3H3. The molecule has 1 heterocycles. The van der Waals surface area contributed by atoms with Gasteiger partial charge < -0.3 is 10.2 Å². The zero-order valence-electron chi connectivity index (χ0n) is 12.5. The van der Waals surface area contributed by atoms with Gasteiger partial charge in [-0.3, -0.25) is 0 Å². The summed E-state index contributed by atoms with van der Waals surface area (Å²) in [7, 11) is 0. The summed E-state index contributed by atoms with van der Waals surface area (Å²) < 4.78 is 26.2. The van der Waals surface area contributed by atoms with E-state index in [9.17, 15) is 8.78 Å². The van der Waals surface area contributed by atoms with Crippen molar-refractivity contribution < 1.29 is 8.78 Å². The normalized spacial score (nSPS) is 19.5. The van der Waals surface area contributed by atoms with E-state index in [1.54, 1.807) is 6.07 Å². The van der Waals surface area contributed by atoms with Gasteiger partial charge in [0.1, 0.15) is 0 Å². The molecule has 0 aliphatic carbocycles. The van der Waals surface area contributed by atoms with Gasteiger partial charge >= 0.3 is 0 Å². The highest BCUT2D eigenvalue weighted by atomic mass is 19.2. The average molecular weight is 282 g/mol. The average Bonchev–Trinajstić information content (AvgIpc) is 2.42. The van der Waals surface area contributed by atoms with Crippen LogP contribution < -0.4 is 5.32 Å². The Morgan fingerprint density at radius 3 is 2.30 bits per heavy atom. The fourth-order valence-corrected chi connectivity index (χ4v) is 2.81. The zero-order valence-corrected chi connectivity index (χ0v) is 12.5. The highest BCUT2D eigenvalue weighted by Gasteiger charge is 2.22. The second-order valence-electron chi connectivity index (χ2n) is 5.97. The Hall–Kier alpha value is -1.00. The Kier molecular flexibility index (Phi) is 5.11. The minimum absolute atomic E-state index is 0.0423. The molecule has 0 aromatic heterocycles. The van der Waals surface area contributed by atoms with Crippen molar-refractivity contribution in [2.24, 2.45) is 0 Å². The lowest BCUT2D eigenvalue weighted by molar-refractivity contribution is 0.157. The van der Waals surface area contributed by atoms with Gasteiger partial charge in [0, 0.05) is 18.1 Å². The van der Waals surface area contributed by atoms with E-state index in [4.69, 9.17) is 0 Å². The van der Waals surface area contributed by atoms with E-state index < -0.39 is 11.6 Å². The second kappa shape index (κ2) is 6.64. The van der Waals surface area contributed by atoms with E-state index >= 15 is 0 Å². The van der Waals surface area contributed by atoms with Gasteiger partial charge in [-0.05, 0) is 64.4 Å². The monoisotopic (exact) mass is 282 g/mol. The maximum atomic E-state index is 13.2.